The van der Waals surface area contributed by atoms with E-state index in [1.54, 1.807) is 50.1 Å². The maximum atomic E-state index is 14.4. The molecule has 0 spiro atoms. The first-order valence-corrected chi connectivity index (χ1v) is 17.8. The van der Waals surface area contributed by atoms with E-state index in [4.69, 9.17) is 24.2 Å². The fraction of sp³-hybridized carbons (Fsp3) is 0.390. The van der Waals surface area contributed by atoms with Gasteiger partial charge in [0, 0.05) is 30.4 Å². The molecule has 0 unspecified atom stereocenters. The molecule has 2 amide bonds. The smallest absolute Gasteiger partial charge is 0.410 e. The molecule has 1 aliphatic carbocycles. The number of hydrogen-bond acceptors (Lipinski definition) is 8. The summed E-state index contributed by atoms with van der Waals surface area (Å²) in [6.07, 6.45) is 9.35. The lowest BCUT2D eigenvalue weighted by Crippen LogP contribution is -2.59. The number of benzene rings is 3. The van der Waals surface area contributed by atoms with Gasteiger partial charge in [-0.15, -0.1) is 0 Å². The predicted molar refractivity (Wildman–Crippen MR) is 193 cm³/mol. The molecule has 1 atom stereocenters. The van der Waals surface area contributed by atoms with Crippen LogP contribution < -0.4 is 9.64 Å². The Labute approximate surface area is 299 Å². The first-order chi connectivity index (χ1) is 24.6. The van der Waals surface area contributed by atoms with Crippen molar-refractivity contribution in [3.63, 3.8) is 0 Å². The van der Waals surface area contributed by atoms with Gasteiger partial charge in [0.15, 0.2) is 0 Å². The monoisotopic (exact) mass is 690 g/mol. The zero-order chi connectivity index (χ0) is 35.8. The van der Waals surface area contributed by atoms with Crippen molar-refractivity contribution >= 4 is 23.7 Å². The third-order valence-electron chi connectivity index (χ3n) is 9.21. The Kier molecular flexibility index (Phi) is 11.3. The van der Waals surface area contributed by atoms with Crippen LogP contribution in [0.4, 0.5) is 10.5 Å². The van der Waals surface area contributed by atoms with Crippen LogP contribution in [0.1, 0.15) is 98.1 Å². The maximum Gasteiger partial charge on any atom is 0.410 e. The number of anilines is 1. The van der Waals surface area contributed by atoms with E-state index in [0.717, 1.165) is 29.7 Å². The number of hydrogen-bond donors (Lipinski definition) is 0. The highest BCUT2D eigenvalue weighted by Gasteiger charge is 2.42. The van der Waals surface area contributed by atoms with E-state index in [9.17, 15) is 14.4 Å². The Morgan fingerprint density at radius 2 is 1.51 bits per heavy atom. The van der Waals surface area contributed by atoms with Crippen molar-refractivity contribution in [1.82, 2.24) is 14.9 Å². The number of carbonyl (C=O) groups is 3. The second kappa shape index (κ2) is 16.2. The molecule has 2 fully saturated rings. The van der Waals surface area contributed by atoms with Gasteiger partial charge in [-0.2, -0.15) is 0 Å². The number of amides is 2. The summed E-state index contributed by atoms with van der Waals surface area (Å²) in [6.45, 7) is 6.20. The highest BCUT2D eigenvalue weighted by molar-refractivity contribution is 6.00. The summed E-state index contributed by atoms with van der Waals surface area (Å²) in [4.78, 5) is 53.4. The minimum absolute atomic E-state index is 0.0991. The van der Waals surface area contributed by atoms with Crippen LogP contribution in [0.5, 0.6) is 5.75 Å². The Hall–Kier alpha value is -5.25. The van der Waals surface area contributed by atoms with Crippen LogP contribution in [-0.2, 0) is 34.0 Å². The van der Waals surface area contributed by atoms with Crippen molar-refractivity contribution in [1.29, 1.82) is 0 Å². The first-order valence-electron chi connectivity index (χ1n) is 17.8. The van der Waals surface area contributed by atoms with Crippen LogP contribution in [0.3, 0.4) is 0 Å². The van der Waals surface area contributed by atoms with Crippen LogP contribution in [0, 0.1) is 0 Å². The van der Waals surface area contributed by atoms with Crippen LogP contribution in [0.2, 0.25) is 0 Å². The van der Waals surface area contributed by atoms with E-state index in [1.165, 1.54) is 24.2 Å². The molecule has 0 radical (unpaired) electrons. The van der Waals surface area contributed by atoms with Gasteiger partial charge >= 0.3 is 12.1 Å². The van der Waals surface area contributed by atoms with Gasteiger partial charge in [-0.25, -0.2) is 9.59 Å². The van der Waals surface area contributed by atoms with Gasteiger partial charge in [0.05, 0.1) is 24.1 Å². The number of esters is 1. The Morgan fingerprint density at radius 3 is 2.12 bits per heavy atom. The van der Waals surface area contributed by atoms with E-state index >= 15 is 0 Å². The SMILES string of the molecule is CC(C)(C)OC(=O)N1CC[C@@H]1C(=O)N(Cc1cnc(C2CCCCC2)cn1)c1ccc(C(=O)OCc2ccccc2)c(OCc2ccccc2)c1. The van der Waals surface area contributed by atoms with Gasteiger partial charge in [0.1, 0.15) is 36.2 Å². The maximum absolute atomic E-state index is 14.4. The molecule has 2 heterocycles. The van der Waals surface area contributed by atoms with Crippen molar-refractivity contribution in [2.75, 3.05) is 11.4 Å². The molecule has 0 N–H and O–H groups in total. The minimum atomic E-state index is -0.724. The minimum Gasteiger partial charge on any atom is -0.488 e. The largest absolute Gasteiger partial charge is 0.488 e. The zero-order valence-corrected chi connectivity index (χ0v) is 29.6. The number of nitrogens with zero attached hydrogens (tertiary/aromatic N) is 4. The van der Waals surface area contributed by atoms with Gasteiger partial charge in [-0.05, 0) is 63.3 Å². The van der Waals surface area contributed by atoms with Gasteiger partial charge in [0.25, 0.3) is 0 Å². The second-order valence-electron chi connectivity index (χ2n) is 14.2. The molecule has 1 saturated heterocycles. The lowest BCUT2D eigenvalue weighted by atomic mass is 9.87. The van der Waals surface area contributed by atoms with Crippen molar-refractivity contribution in [3.8, 4) is 5.75 Å². The molecule has 4 aromatic rings. The molecule has 1 saturated carbocycles. The number of rotatable bonds is 11. The number of ether oxygens (including phenoxy) is 3. The molecule has 266 valence electrons. The van der Waals surface area contributed by atoms with Crippen LogP contribution in [-0.4, -0.2) is 51.0 Å². The summed E-state index contributed by atoms with van der Waals surface area (Å²) >= 11 is 0. The lowest BCUT2D eigenvalue weighted by molar-refractivity contribution is -0.128. The van der Waals surface area contributed by atoms with Gasteiger partial charge in [0.2, 0.25) is 5.91 Å². The standard InChI is InChI=1S/C41H46N4O6/c1-41(2,3)51-40(48)44-22-21-36(44)38(46)45(26-32-24-43-35(25-42-32)31-17-11-6-12-18-31)33-19-20-34(39(47)50-28-30-15-9-5-10-16-30)37(23-33)49-27-29-13-7-4-8-14-29/h4-5,7-10,13-16,19-20,23-25,31,36H,6,11-12,17-18,21-22,26-28H2,1-3H3/t36-/m1/s1. The molecule has 1 aliphatic heterocycles. The Morgan fingerprint density at radius 1 is 0.824 bits per heavy atom. The topological polar surface area (TPSA) is 111 Å². The lowest BCUT2D eigenvalue weighted by Gasteiger charge is -2.42. The number of carbonyl (C=O) groups excluding carboxylic acids is 3. The van der Waals surface area contributed by atoms with E-state index in [-0.39, 0.29) is 37.0 Å². The van der Waals surface area contributed by atoms with Gasteiger partial charge in [-0.1, -0.05) is 79.9 Å². The average Bonchev–Trinajstić information content (AvgIpc) is 3.12. The molecule has 10 heteroatoms. The van der Waals surface area contributed by atoms with Crippen LogP contribution in [0.25, 0.3) is 0 Å². The summed E-state index contributed by atoms with van der Waals surface area (Å²) < 4.78 is 17.6. The van der Waals surface area contributed by atoms with Gasteiger partial charge < -0.3 is 19.1 Å². The summed E-state index contributed by atoms with van der Waals surface area (Å²) in [5.41, 5.74) is 3.36. The first kappa shape index (κ1) is 35.6. The van der Waals surface area contributed by atoms with E-state index in [1.807, 2.05) is 66.9 Å². The van der Waals surface area contributed by atoms with Crippen LogP contribution in [0.15, 0.2) is 91.3 Å². The molecule has 10 nitrogen and oxygen atoms in total. The predicted octanol–water partition coefficient (Wildman–Crippen LogP) is 8.00. The Balaban J connectivity index is 1.30. The molecule has 2 aliphatic rings. The molecule has 0 bridgehead atoms. The van der Waals surface area contributed by atoms with E-state index < -0.39 is 23.7 Å². The van der Waals surface area contributed by atoms with Crippen molar-refractivity contribution in [3.05, 3.63) is 119 Å². The number of aromatic nitrogens is 2. The molecule has 51 heavy (non-hydrogen) atoms. The summed E-state index contributed by atoms with van der Waals surface area (Å²) in [6, 6.07) is 23.4. The number of likely N-dealkylation sites (tertiary alicyclic amines) is 1. The van der Waals surface area contributed by atoms with Gasteiger partial charge in [-0.3, -0.25) is 19.7 Å². The van der Waals surface area contributed by atoms with Crippen LogP contribution >= 0.6 is 0 Å². The van der Waals surface area contributed by atoms with E-state index in [0.29, 0.717) is 30.3 Å². The third kappa shape index (κ3) is 9.31. The molecule has 6 rings (SSSR count). The summed E-state index contributed by atoms with van der Waals surface area (Å²) in [5.74, 6) is -0.179. The van der Waals surface area contributed by atoms with Crippen molar-refractivity contribution < 1.29 is 28.6 Å². The normalized spacial score (nSPS) is 16.1. The Bertz CT molecular complexity index is 1790. The highest BCUT2D eigenvalue weighted by atomic mass is 16.6. The van der Waals surface area contributed by atoms with Crippen molar-refractivity contribution in [2.45, 2.75) is 96.6 Å². The highest BCUT2D eigenvalue weighted by Crippen LogP contribution is 2.33. The third-order valence-corrected chi connectivity index (χ3v) is 9.21. The molecular formula is C41H46N4O6. The fourth-order valence-corrected chi connectivity index (χ4v) is 6.38. The molecule has 1 aromatic heterocycles. The molecule has 3 aromatic carbocycles. The quantitative estimate of drug-likeness (QED) is 0.146. The summed E-state index contributed by atoms with van der Waals surface area (Å²) in [7, 11) is 0. The fourth-order valence-electron chi connectivity index (χ4n) is 6.38. The molecular weight excluding hydrogens is 644 g/mol. The van der Waals surface area contributed by atoms with E-state index in [2.05, 4.69) is 0 Å². The second-order valence-corrected chi connectivity index (χ2v) is 14.2. The zero-order valence-electron chi connectivity index (χ0n) is 29.6. The van der Waals surface area contributed by atoms with Crippen molar-refractivity contribution in [2.24, 2.45) is 0 Å². The average molecular weight is 691 g/mol. The summed E-state index contributed by atoms with van der Waals surface area (Å²) in [5, 5.41) is 0.